The minimum atomic E-state index is 0.624. The summed E-state index contributed by atoms with van der Waals surface area (Å²) >= 11 is 0. The predicted molar refractivity (Wildman–Crippen MR) is 134 cm³/mol. The lowest BCUT2D eigenvalue weighted by Crippen LogP contribution is -2.68. The van der Waals surface area contributed by atoms with E-state index in [0.717, 1.165) is 29.7 Å². The SMILES string of the molecule is CN[N+](P[N+](NC)(C1C=CCCC1)C1CCCCC1)(C1=CCCCC1)C1CCCCC1. The van der Waals surface area contributed by atoms with Crippen LogP contribution >= 0.6 is 8.88 Å². The number of hydrogen-bond acceptors (Lipinski definition) is 2. The molecule has 0 aromatic heterocycles. The Hall–Kier alpha value is -0.250. The number of quaternary nitrogens is 2. The monoisotopic (exact) mass is 448 g/mol. The van der Waals surface area contributed by atoms with Crippen molar-refractivity contribution in [3.63, 3.8) is 0 Å². The minimum absolute atomic E-state index is 0.624. The van der Waals surface area contributed by atoms with E-state index in [9.17, 15) is 0 Å². The Morgan fingerprint density at radius 2 is 1.45 bits per heavy atom. The van der Waals surface area contributed by atoms with Crippen molar-refractivity contribution in [3.8, 4) is 0 Å². The third-order valence-electron chi connectivity index (χ3n) is 8.79. The van der Waals surface area contributed by atoms with Gasteiger partial charge in [-0.25, -0.2) is 0 Å². The van der Waals surface area contributed by atoms with Crippen molar-refractivity contribution in [2.45, 2.75) is 127 Å². The van der Waals surface area contributed by atoms with E-state index in [1.807, 2.05) is 0 Å². The summed E-state index contributed by atoms with van der Waals surface area (Å²) in [6.45, 7) is 0. The lowest BCUT2D eigenvalue weighted by molar-refractivity contribution is -0.958. The van der Waals surface area contributed by atoms with Crippen LogP contribution in [0.4, 0.5) is 0 Å². The highest BCUT2D eigenvalue weighted by atomic mass is 31.1. The molecule has 0 aliphatic heterocycles. The maximum Gasteiger partial charge on any atom is 0.355 e. The van der Waals surface area contributed by atoms with Crippen LogP contribution in [0.15, 0.2) is 23.9 Å². The van der Waals surface area contributed by atoms with Crippen molar-refractivity contribution in [3.05, 3.63) is 23.9 Å². The van der Waals surface area contributed by atoms with E-state index in [1.54, 1.807) is 5.70 Å². The van der Waals surface area contributed by atoms with Gasteiger partial charge in [0.1, 0.15) is 23.8 Å². The van der Waals surface area contributed by atoms with Crippen molar-refractivity contribution in [1.82, 2.24) is 10.9 Å². The molecule has 31 heavy (non-hydrogen) atoms. The Morgan fingerprint density at radius 3 is 2.00 bits per heavy atom. The Bertz CT molecular complexity index is 623. The molecule has 0 saturated heterocycles. The van der Waals surface area contributed by atoms with Gasteiger partial charge in [0.15, 0.2) is 0 Å². The van der Waals surface area contributed by atoms with Gasteiger partial charge in [-0.15, -0.1) is 0 Å². The van der Waals surface area contributed by atoms with Crippen LogP contribution in [0.5, 0.6) is 0 Å². The first-order valence-corrected chi connectivity index (χ1v) is 14.5. The molecule has 4 unspecified atom stereocenters. The Kier molecular flexibility index (Phi) is 8.67. The molecule has 2 fully saturated rings. The summed E-state index contributed by atoms with van der Waals surface area (Å²) in [5.41, 5.74) is 9.78. The van der Waals surface area contributed by atoms with E-state index >= 15 is 0 Å². The van der Waals surface area contributed by atoms with Crippen LogP contribution in [0.25, 0.3) is 0 Å². The van der Waals surface area contributed by atoms with E-state index < -0.39 is 0 Å². The molecule has 0 aromatic carbocycles. The summed E-state index contributed by atoms with van der Waals surface area (Å²) in [6, 6.07) is 2.12. The largest absolute Gasteiger partial charge is 0.355 e. The highest BCUT2D eigenvalue weighted by Gasteiger charge is 2.55. The van der Waals surface area contributed by atoms with Gasteiger partial charge >= 0.3 is 8.88 Å². The van der Waals surface area contributed by atoms with E-state index in [2.05, 4.69) is 43.2 Å². The molecule has 4 aliphatic rings. The molecule has 0 spiro atoms. The molecular formula is C26H49N4P+2. The summed E-state index contributed by atoms with van der Waals surface area (Å²) in [4.78, 5) is 0. The molecule has 4 aliphatic carbocycles. The number of hydrogen-bond donors (Lipinski definition) is 2. The summed E-state index contributed by atoms with van der Waals surface area (Å²) in [5, 5.41) is 0. The fourth-order valence-electron chi connectivity index (χ4n) is 7.07. The van der Waals surface area contributed by atoms with Crippen molar-refractivity contribution in [1.29, 1.82) is 0 Å². The van der Waals surface area contributed by atoms with Crippen LogP contribution in [-0.2, 0) is 0 Å². The molecule has 0 radical (unpaired) electrons. The van der Waals surface area contributed by atoms with Crippen molar-refractivity contribution < 1.29 is 8.73 Å². The quantitative estimate of drug-likeness (QED) is 0.247. The number of allylic oxidation sites excluding steroid dienone is 3. The maximum absolute atomic E-state index is 4.04. The Morgan fingerprint density at radius 1 is 0.742 bits per heavy atom. The first-order chi connectivity index (χ1) is 15.2. The van der Waals surface area contributed by atoms with Gasteiger partial charge in [-0.05, 0) is 69.9 Å². The summed E-state index contributed by atoms with van der Waals surface area (Å²) in [7, 11) is 5.37. The molecule has 4 rings (SSSR count). The first kappa shape index (κ1) is 23.9. The molecule has 0 amide bonds. The third-order valence-corrected chi connectivity index (χ3v) is 11.2. The van der Waals surface area contributed by atoms with Gasteiger partial charge in [-0.2, -0.15) is 19.6 Å². The van der Waals surface area contributed by atoms with E-state index in [4.69, 9.17) is 0 Å². The van der Waals surface area contributed by atoms with Gasteiger partial charge in [-0.1, -0.05) is 18.9 Å². The zero-order valence-corrected chi connectivity index (χ0v) is 21.4. The second-order valence-electron chi connectivity index (χ2n) is 10.5. The molecule has 0 aromatic rings. The van der Waals surface area contributed by atoms with Crippen LogP contribution in [-0.4, -0.2) is 40.9 Å². The number of nitrogens with one attached hydrogen (secondary N) is 2. The van der Waals surface area contributed by atoms with Crippen LogP contribution in [0.1, 0.15) is 109 Å². The second kappa shape index (κ2) is 11.3. The van der Waals surface area contributed by atoms with Crippen LogP contribution < -0.4 is 10.9 Å². The fraction of sp³-hybridized carbons (Fsp3) is 0.846. The summed E-state index contributed by atoms with van der Waals surface area (Å²) in [5.74, 6) is 0. The van der Waals surface area contributed by atoms with Gasteiger partial charge in [0, 0.05) is 52.6 Å². The average Bonchev–Trinajstić information content (AvgIpc) is 2.87. The molecule has 5 heteroatoms. The normalized spacial score (nSPS) is 30.8. The van der Waals surface area contributed by atoms with Crippen LogP contribution in [0.3, 0.4) is 0 Å². The molecule has 176 valence electrons. The molecule has 2 saturated carbocycles. The van der Waals surface area contributed by atoms with E-state index in [1.165, 1.54) is 109 Å². The smallest absolute Gasteiger partial charge is 0.178 e. The summed E-state index contributed by atoms with van der Waals surface area (Å²) in [6.07, 6.45) is 31.1. The van der Waals surface area contributed by atoms with Crippen molar-refractivity contribution in [2.24, 2.45) is 0 Å². The molecule has 0 heterocycles. The Labute approximate surface area is 193 Å². The zero-order valence-electron chi connectivity index (χ0n) is 20.4. The summed E-state index contributed by atoms with van der Waals surface area (Å²) < 4.78 is 2.19. The predicted octanol–water partition coefficient (Wildman–Crippen LogP) is 6.63. The lowest BCUT2D eigenvalue weighted by Gasteiger charge is -2.54. The molecule has 4 atom stereocenters. The lowest BCUT2D eigenvalue weighted by atomic mass is 9.92. The molecular weight excluding hydrogens is 399 g/mol. The third kappa shape index (κ3) is 4.99. The molecule has 4 nitrogen and oxygen atoms in total. The standard InChI is InChI=1S/C26H49N4P/c1-27-29(23-15-7-3-8-16-23,24-17-9-4-10-18-24)31-30(28-2,25-19-11-5-12-20-25)26-21-13-6-14-22-26/h7,15,19,23-24,26-28,31H,3-6,8-14,16-18,20-22H2,1-2H3/q+2. The zero-order chi connectivity index (χ0) is 21.6. The highest BCUT2D eigenvalue weighted by molar-refractivity contribution is 7.24. The van der Waals surface area contributed by atoms with Gasteiger partial charge in [0.2, 0.25) is 0 Å². The first-order valence-electron chi connectivity index (χ1n) is 13.6. The fourth-order valence-corrected chi connectivity index (χ4v) is 9.33. The minimum Gasteiger partial charge on any atom is -0.178 e. The second-order valence-corrected chi connectivity index (χ2v) is 12.1. The van der Waals surface area contributed by atoms with Crippen LogP contribution in [0, 0.1) is 0 Å². The van der Waals surface area contributed by atoms with Gasteiger partial charge in [-0.3, -0.25) is 0 Å². The average molecular weight is 449 g/mol. The number of rotatable bonds is 8. The van der Waals surface area contributed by atoms with E-state index in [-0.39, 0.29) is 0 Å². The van der Waals surface area contributed by atoms with Gasteiger partial charge < -0.3 is 0 Å². The number of nitrogens with zero attached hydrogens (tertiary/aromatic N) is 2. The topological polar surface area (TPSA) is 24.1 Å². The molecule has 0 bridgehead atoms. The van der Waals surface area contributed by atoms with Crippen molar-refractivity contribution in [2.75, 3.05) is 14.1 Å². The molecule has 2 N–H and O–H groups in total. The Balaban J connectivity index is 1.76. The van der Waals surface area contributed by atoms with E-state index in [0.29, 0.717) is 6.04 Å². The highest BCUT2D eigenvalue weighted by Crippen LogP contribution is 2.53. The van der Waals surface area contributed by atoms with Crippen LogP contribution in [0.2, 0.25) is 0 Å². The van der Waals surface area contributed by atoms with Crippen molar-refractivity contribution >= 4 is 8.88 Å². The van der Waals surface area contributed by atoms with Gasteiger partial charge in [0.25, 0.3) is 0 Å². The van der Waals surface area contributed by atoms with Gasteiger partial charge in [0.05, 0.1) is 0 Å². The maximum atomic E-state index is 4.04.